The molecule has 0 aliphatic heterocycles. The number of aromatic nitrogens is 4. The zero-order chi connectivity index (χ0) is 20.1. The lowest BCUT2D eigenvalue weighted by Gasteiger charge is -2.10. The molecule has 1 aromatic carbocycles. The number of benzene rings is 1. The van der Waals surface area contributed by atoms with Crippen LogP contribution in [-0.2, 0) is 0 Å². The van der Waals surface area contributed by atoms with Crippen LogP contribution < -0.4 is 0 Å². The Morgan fingerprint density at radius 3 is 2.69 bits per heavy atom. The molecule has 0 aliphatic rings. The van der Waals surface area contributed by atoms with Crippen molar-refractivity contribution in [2.75, 3.05) is 5.75 Å². The molecule has 0 spiro atoms. The maximum absolute atomic E-state index is 12.2. The lowest BCUT2D eigenvalue weighted by molar-refractivity contribution is 0.0986. The number of hydrogen-bond acceptors (Lipinski definition) is 6. The molecule has 5 nitrogen and oxygen atoms in total. The van der Waals surface area contributed by atoms with Crippen molar-refractivity contribution in [1.29, 1.82) is 0 Å². The van der Waals surface area contributed by atoms with Crippen LogP contribution in [0, 0.1) is 0 Å². The van der Waals surface area contributed by atoms with Gasteiger partial charge in [-0.2, -0.15) is 0 Å². The summed E-state index contributed by atoms with van der Waals surface area (Å²) in [5.74, 6) is 1.74. The summed E-state index contributed by atoms with van der Waals surface area (Å²) in [5, 5.41) is 11.6. The standard InChI is InChI=1S/C21H17BrN4OS2/c22-16-7-9-17(10-8-16)26-20(15-4-1-11-23-14-15)24-25-21(26)29-13-2-5-18(27)19-6-3-12-28-19/h1,3-4,6-12,14H,2,5,13H2. The van der Waals surface area contributed by atoms with E-state index in [4.69, 9.17) is 0 Å². The number of thioether (sulfide) groups is 1. The maximum Gasteiger partial charge on any atom is 0.196 e. The van der Waals surface area contributed by atoms with Crippen LogP contribution in [0.25, 0.3) is 17.1 Å². The van der Waals surface area contributed by atoms with Crippen LogP contribution in [0.2, 0.25) is 0 Å². The summed E-state index contributed by atoms with van der Waals surface area (Å²) < 4.78 is 3.05. The second-order valence-electron chi connectivity index (χ2n) is 6.21. The molecule has 29 heavy (non-hydrogen) atoms. The molecular formula is C21H17BrN4OS2. The summed E-state index contributed by atoms with van der Waals surface area (Å²) in [7, 11) is 0. The Bertz CT molecular complexity index is 1080. The third-order valence-corrected chi connectivity index (χ3v) is 6.67. The van der Waals surface area contributed by atoms with Crippen LogP contribution in [0.15, 0.2) is 75.9 Å². The zero-order valence-electron chi connectivity index (χ0n) is 15.4. The van der Waals surface area contributed by atoms with Gasteiger partial charge in [0.1, 0.15) is 0 Å². The topological polar surface area (TPSA) is 60.7 Å². The number of Topliss-reactive ketones (excluding diaryl/α,β-unsaturated/α-hetero) is 1. The molecule has 0 saturated carbocycles. The fraction of sp³-hybridized carbons (Fsp3) is 0.143. The zero-order valence-corrected chi connectivity index (χ0v) is 18.6. The van der Waals surface area contributed by atoms with Crippen molar-refractivity contribution in [2.45, 2.75) is 18.0 Å². The SMILES string of the molecule is O=C(CCCSc1nnc(-c2cccnc2)n1-c1ccc(Br)cc1)c1cccs1. The van der Waals surface area contributed by atoms with Gasteiger partial charge in [0.05, 0.1) is 4.88 Å². The summed E-state index contributed by atoms with van der Waals surface area (Å²) in [5.41, 5.74) is 1.89. The van der Waals surface area contributed by atoms with Crippen LogP contribution >= 0.6 is 39.0 Å². The number of pyridine rings is 1. The highest BCUT2D eigenvalue weighted by atomic mass is 79.9. The Kier molecular flexibility index (Phi) is 6.53. The van der Waals surface area contributed by atoms with Gasteiger partial charge in [-0.1, -0.05) is 33.8 Å². The van der Waals surface area contributed by atoms with Gasteiger partial charge in [-0.3, -0.25) is 14.3 Å². The van der Waals surface area contributed by atoms with Gasteiger partial charge in [0.25, 0.3) is 0 Å². The van der Waals surface area contributed by atoms with E-state index in [1.807, 2.05) is 58.5 Å². The lowest BCUT2D eigenvalue weighted by Crippen LogP contribution is -2.01. The molecule has 0 saturated heterocycles. The number of ketones is 1. The van der Waals surface area contributed by atoms with Crippen molar-refractivity contribution >= 4 is 44.8 Å². The molecule has 4 rings (SSSR count). The van der Waals surface area contributed by atoms with E-state index in [0.717, 1.165) is 43.8 Å². The van der Waals surface area contributed by atoms with Crippen molar-refractivity contribution in [3.8, 4) is 17.1 Å². The summed E-state index contributed by atoms with van der Waals surface area (Å²) in [6, 6.07) is 15.7. The van der Waals surface area contributed by atoms with Crippen molar-refractivity contribution in [3.63, 3.8) is 0 Å². The molecule has 3 heterocycles. The summed E-state index contributed by atoms with van der Waals surface area (Å²) in [6.07, 6.45) is 4.85. The largest absolute Gasteiger partial charge is 0.293 e. The van der Waals surface area contributed by atoms with Crippen LogP contribution in [0.5, 0.6) is 0 Å². The number of nitrogens with zero attached hydrogens (tertiary/aromatic N) is 4. The van der Waals surface area contributed by atoms with Gasteiger partial charge >= 0.3 is 0 Å². The van der Waals surface area contributed by atoms with E-state index in [0.29, 0.717) is 6.42 Å². The summed E-state index contributed by atoms with van der Waals surface area (Å²) in [4.78, 5) is 17.2. The Hall–Kier alpha value is -2.29. The van der Waals surface area contributed by atoms with E-state index in [1.54, 1.807) is 24.2 Å². The molecule has 0 amide bonds. The Labute approximate surface area is 185 Å². The molecule has 0 unspecified atom stereocenters. The molecule has 0 aliphatic carbocycles. The monoisotopic (exact) mass is 484 g/mol. The number of hydrogen-bond donors (Lipinski definition) is 0. The molecule has 0 radical (unpaired) electrons. The molecule has 146 valence electrons. The van der Waals surface area contributed by atoms with Gasteiger partial charge in [-0.25, -0.2) is 0 Å². The molecular weight excluding hydrogens is 468 g/mol. The van der Waals surface area contributed by atoms with Crippen LogP contribution in [0.1, 0.15) is 22.5 Å². The molecule has 0 bridgehead atoms. The van der Waals surface area contributed by atoms with E-state index in [9.17, 15) is 4.79 Å². The second kappa shape index (κ2) is 9.47. The minimum absolute atomic E-state index is 0.200. The fourth-order valence-corrected chi connectivity index (χ4v) is 4.67. The normalized spacial score (nSPS) is 10.9. The highest BCUT2D eigenvalue weighted by molar-refractivity contribution is 9.10. The molecule has 4 aromatic rings. The Balaban J connectivity index is 1.53. The third kappa shape index (κ3) is 4.83. The first-order chi connectivity index (χ1) is 14.2. The van der Waals surface area contributed by atoms with E-state index < -0.39 is 0 Å². The predicted molar refractivity (Wildman–Crippen MR) is 121 cm³/mol. The van der Waals surface area contributed by atoms with Gasteiger partial charge in [-0.05, 0) is 54.3 Å². The minimum Gasteiger partial charge on any atom is -0.293 e. The number of carbonyl (C=O) groups excluding carboxylic acids is 1. The lowest BCUT2D eigenvalue weighted by atomic mass is 10.2. The molecule has 0 fully saturated rings. The number of thiophene rings is 1. The fourth-order valence-electron chi connectivity index (χ4n) is 2.82. The Morgan fingerprint density at radius 2 is 1.97 bits per heavy atom. The average molecular weight is 485 g/mol. The Morgan fingerprint density at radius 1 is 1.10 bits per heavy atom. The molecule has 3 aromatic heterocycles. The highest BCUT2D eigenvalue weighted by Gasteiger charge is 2.16. The van der Waals surface area contributed by atoms with Crippen molar-refractivity contribution in [1.82, 2.24) is 19.7 Å². The quantitative estimate of drug-likeness (QED) is 0.176. The van der Waals surface area contributed by atoms with Crippen LogP contribution in [0.4, 0.5) is 0 Å². The predicted octanol–water partition coefficient (Wildman–Crippen LogP) is 5.91. The first-order valence-corrected chi connectivity index (χ1v) is 11.7. The maximum atomic E-state index is 12.2. The van der Waals surface area contributed by atoms with Crippen molar-refractivity contribution < 1.29 is 4.79 Å². The van der Waals surface area contributed by atoms with Gasteiger partial charge < -0.3 is 0 Å². The van der Waals surface area contributed by atoms with Crippen LogP contribution in [-0.4, -0.2) is 31.3 Å². The van der Waals surface area contributed by atoms with Gasteiger partial charge in [0.2, 0.25) is 0 Å². The van der Waals surface area contributed by atoms with E-state index in [2.05, 4.69) is 31.1 Å². The summed E-state index contributed by atoms with van der Waals surface area (Å²) >= 11 is 6.59. The number of carbonyl (C=O) groups is 1. The van der Waals surface area contributed by atoms with Gasteiger partial charge in [0.15, 0.2) is 16.8 Å². The molecule has 0 atom stereocenters. The number of halogens is 1. The smallest absolute Gasteiger partial charge is 0.196 e. The first-order valence-electron chi connectivity index (χ1n) is 9.03. The van der Waals surface area contributed by atoms with Crippen LogP contribution in [0.3, 0.4) is 0 Å². The summed E-state index contributed by atoms with van der Waals surface area (Å²) in [6.45, 7) is 0. The van der Waals surface area contributed by atoms with E-state index in [-0.39, 0.29) is 5.78 Å². The van der Waals surface area contributed by atoms with Crippen molar-refractivity contribution in [2.24, 2.45) is 0 Å². The van der Waals surface area contributed by atoms with E-state index >= 15 is 0 Å². The number of rotatable bonds is 8. The first kappa shape index (κ1) is 20.0. The minimum atomic E-state index is 0.200. The molecule has 0 N–H and O–H groups in total. The molecule has 8 heteroatoms. The third-order valence-electron chi connectivity index (χ3n) is 4.21. The second-order valence-corrected chi connectivity index (χ2v) is 9.14. The van der Waals surface area contributed by atoms with Crippen molar-refractivity contribution in [3.05, 3.63) is 75.7 Å². The highest BCUT2D eigenvalue weighted by Crippen LogP contribution is 2.29. The van der Waals surface area contributed by atoms with E-state index in [1.165, 1.54) is 11.3 Å². The van der Waals surface area contributed by atoms with Gasteiger partial charge in [-0.15, -0.1) is 21.5 Å². The average Bonchev–Trinajstić information content (AvgIpc) is 3.43. The van der Waals surface area contributed by atoms with Gasteiger partial charge in [0, 0.05) is 40.3 Å².